The highest BCUT2D eigenvalue weighted by Crippen LogP contribution is 2.25. The first kappa shape index (κ1) is 13.1. The molecule has 2 fully saturated rings. The van der Waals surface area contributed by atoms with Gasteiger partial charge in [0.25, 0.3) is 0 Å². The predicted octanol–water partition coefficient (Wildman–Crippen LogP) is 1.20. The lowest BCUT2D eigenvalue weighted by atomic mass is 9.94. The van der Waals surface area contributed by atoms with Crippen LogP contribution in [-0.2, 0) is 4.79 Å². The monoisotopic (exact) mass is 263 g/mol. The molecular formula is C15H25N3O. The number of fused-ring (bicyclic) bond motifs is 1. The minimum absolute atomic E-state index is 0.256. The molecule has 0 aromatic heterocycles. The minimum atomic E-state index is 0.256. The summed E-state index contributed by atoms with van der Waals surface area (Å²) in [4.78, 5) is 16.5. The Labute approximate surface area is 115 Å². The van der Waals surface area contributed by atoms with Crippen LogP contribution in [0.1, 0.15) is 32.1 Å². The summed E-state index contributed by atoms with van der Waals surface area (Å²) in [5.74, 6) is 1.02. The summed E-state index contributed by atoms with van der Waals surface area (Å²) in [5.41, 5.74) is 1.22. The van der Waals surface area contributed by atoms with Crippen LogP contribution in [0.15, 0.2) is 11.8 Å². The highest BCUT2D eigenvalue weighted by atomic mass is 16.2. The molecule has 19 heavy (non-hydrogen) atoms. The van der Waals surface area contributed by atoms with Gasteiger partial charge in [-0.2, -0.15) is 0 Å². The summed E-state index contributed by atoms with van der Waals surface area (Å²) in [6.45, 7) is 3.87. The summed E-state index contributed by atoms with van der Waals surface area (Å²) >= 11 is 0. The topological polar surface area (TPSA) is 35.6 Å². The van der Waals surface area contributed by atoms with Crippen LogP contribution in [0.25, 0.3) is 0 Å². The van der Waals surface area contributed by atoms with Crippen molar-refractivity contribution < 1.29 is 4.79 Å². The van der Waals surface area contributed by atoms with Crippen LogP contribution >= 0.6 is 0 Å². The lowest BCUT2D eigenvalue weighted by Gasteiger charge is -2.24. The number of hydrogen-bond acceptors (Lipinski definition) is 3. The third-order valence-corrected chi connectivity index (χ3v) is 4.86. The molecule has 0 bridgehead atoms. The van der Waals surface area contributed by atoms with Gasteiger partial charge in [0, 0.05) is 31.9 Å². The summed E-state index contributed by atoms with van der Waals surface area (Å²) in [6, 6.07) is 0.623. The normalized spacial score (nSPS) is 31.1. The van der Waals surface area contributed by atoms with E-state index in [0.29, 0.717) is 12.6 Å². The lowest BCUT2D eigenvalue weighted by molar-refractivity contribution is -0.129. The van der Waals surface area contributed by atoms with E-state index in [4.69, 9.17) is 0 Å². The van der Waals surface area contributed by atoms with E-state index < -0.39 is 0 Å². The van der Waals surface area contributed by atoms with Crippen molar-refractivity contribution >= 4 is 5.91 Å². The number of hydrogen-bond donors (Lipinski definition) is 1. The van der Waals surface area contributed by atoms with Crippen LogP contribution in [0.4, 0.5) is 0 Å². The molecule has 1 N–H and O–H groups in total. The smallest absolute Gasteiger partial charge is 0.240 e. The van der Waals surface area contributed by atoms with Crippen LogP contribution in [-0.4, -0.2) is 55.0 Å². The van der Waals surface area contributed by atoms with E-state index in [-0.39, 0.29) is 5.91 Å². The van der Waals surface area contributed by atoms with E-state index in [0.717, 1.165) is 38.4 Å². The molecule has 4 heteroatoms. The third-order valence-electron chi connectivity index (χ3n) is 4.86. The number of amides is 1. The maximum Gasteiger partial charge on any atom is 0.240 e. The Balaban J connectivity index is 1.52. The number of carbonyl (C=O) groups is 1. The first-order valence-corrected chi connectivity index (χ1v) is 7.65. The van der Waals surface area contributed by atoms with Crippen LogP contribution < -0.4 is 5.32 Å². The van der Waals surface area contributed by atoms with Crippen LogP contribution in [0.5, 0.6) is 0 Å². The Morgan fingerprint density at radius 3 is 3.11 bits per heavy atom. The van der Waals surface area contributed by atoms with Crippen molar-refractivity contribution in [1.82, 2.24) is 15.1 Å². The molecule has 4 nitrogen and oxygen atoms in total. The number of allylic oxidation sites excluding steroid dienone is 2. The zero-order chi connectivity index (χ0) is 13.2. The van der Waals surface area contributed by atoms with Gasteiger partial charge in [-0.15, -0.1) is 0 Å². The van der Waals surface area contributed by atoms with Crippen LogP contribution in [0.3, 0.4) is 0 Å². The Morgan fingerprint density at radius 1 is 1.47 bits per heavy atom. The van der Waals surface area contributed by atoms with Crippen LogP contribution in [0.2, 0.25) is 0 Å². The van der Waals surface area contributed by atoms with Gasteiger partial charge in [-0.05, 0) is 44.6 Å². The van der Waals surface area contributed by atoms with Crippen molar-refractivity contribution in [1.29, 1.82) is 0 Å². The quantitative estimate of drug-likeness (QED) is 0.831. The highest BCUT2D eigenvalue weighted by molar-refractivity contribution is 5.79. The molecule has 1 amide bonds. The molecule has 0 aromatic carbocycles. The molecule has 106 valence electrons. The van der Waals surface area contributed by atoms with Gasteiger partial charge in [0.1, 0.15) is 0 Å². The number of piperidine rings is 1. The fourth-order valence-electron chi connectivity index (χ4n) is 3.68. The average Bonchev–Trinajstić information content (AvgIpc) is 3.06. The second kappa shape index (κ2) is 5.63. The van der Waals surface area contributed by atoms with Crippen molar-refractivity contribution in [3.05, 3.63) is 11.8 Å². The number of nitrogens with zero attached hydrogens (tertiary/aromatic N) is 2. The molecular weight excluding hydrogens is 238 g/mol. The van der Waals surface area contributed by atoms with Gasteiger partial charge >= 0.3 is 0 Å². The fourth-order valence-corrected chi connectivity index (χ4v) is 3.68. The maximum atomic E-state index is 12.3. The SMILES string of the molecule is CN(C(=O)CN1CC2CCCNC2C1)C1=CCCC1. The van der Waals surface area contributed by atoms with Crippen molar-refractivity contribution in [2.75, 3.05) is 33.2 Å². The van der Waals surface area contributed by atoms with E-state index in [9.17, 15) is 4.79 Å². The van der Waals surface area contributed by atoms with Gasteiger partial charge in [0.15, 0.2) is 0 Å². The van der Waals surface area contributed by atoms with Gasteiger partial charge in [-0.25, -0.2) is 0 Å². The molecule has 2 saturated heterocycles. The number of nitrogens with one attached hydrogen (secondary N) is 1. The maximum absolute atomic E-state index is 12.3. The van der Waals surface area contributed by atoms with Crippen LogP contribution in [0, 0.1) is 5.92 Å². The average molecular weight is 263 g/mol. The molecule has 3 aliphatic rings. The van der Waals surface area contributed by atoms with E-state index in [1.807, 2.05) is 11.9 Å². The van der Waals surface area contributed by atoms with Gasteiger partial charge in [-0.1, -0.05) is 6.08 Å². The highest BCUT2D eigenvalue weighted by Gasteiger charge is 2.35. The molecule has 2 heterocycles. The van der Waals surface area contributed by atoms with Gasteiger partial charge in [0.2, 0.25) is 5.91 Å². The van der Waals surface area contributed by atoms with E-state index >= 15 is 0 Å². The fraction of sp³-hybridized carbons (Fsp3) is 0.800. The van der Waals surface area contributed by atoms with E-state index in [1.165, 1.54) is 25.0 Å². The molecule has 1 aliphatic carbocycles. The van der Waals surface area contributed by atoms with E-state index in [2.05, 4.69) is 16.3 Å². The van der Waals surface area contributed by atoms with Crippen molar-refractivity contribution in [3.8, 4) is 0 Å². The van der Waals surface area contributed by atoms with E-state index in [1.54, 1.807) is 0 Å². The molecule has 2 unspecified atom stereocenters. The first-order valence-electron chi connectivity index (χ1n) is 7.65. The lowest BCUT2D eigenvalue weighted by Crippen LogP contribution is -2.41. The molecule has 0 saturated carbocycles. The third kappa shape index (κ3) is 2.84. The summed E-state index contributed by atoms with van der Waals surface area (Å²) < 4.78 is 0. The molecule has 0 radical (unpaired) electrons. The largest absolute Gasteiger partial charge is 0.318 e. The van der Waals surface area contributed by atoms with Gasteiger partial charge < -0.3 is 10.2 Å². The van der Waals surface area contributed by atoms with Gasteiger partial charge in [0.05, 0.1) is 6.54 Å². The second-order valence-electron chi connectivity index (χ2n) is 6.20. The number of rotatable bonds is 3. The number of carbonyl (C=O) groups excluding carboxylic acids is 1. The van der Waals surface area contributed by atoms with Gasteiger partial charge in [-0.3, -0.25) is 9.69 Å². The Kier molecular flexibility index (Phi) is 3.89. The standard InChI is InChI=1S/C15H25N3O/c1-17(13-6-2-3-7-13)15(19)11-18-9-12-5-4-8-16-14(12)10-18/h6,12,14,16H,2-5,7-11H2,1H3. The molecule has 0 aromatic rings. The van der Waals surface area contributed by atoms with Crippen molar-refractivity contribution in [2.24, 2.45) is 5.92 Å². The Morgan fingerprint density at radius 2 is 2.37 bits per heavy atom. The summed E-state index contributed by atoms with van der Waals surface area (Å²) in [6.07, 6.45) is 8.22. The predicted molar refractivity (Wildman–Crippen MR) is 75.7 cm³/mol. The van der Waals surface area contributed by atoms with Crippen molar-refractivity contribution in [3.63, 3.8) is 0 Å². The minimum Gasteiger partial charge on any atom is -0.318 e. The Bertz CT molecular complexity index is 366. The second-order valence-corrected chi connectivity index (χ2v) is 6.20. The first-order chi connectivity index (χ1) is 9.24. The number of likely N-dealkylation sites (N-methyl/N-ethyl adjacent to an activating group) is 1. The summed E-state index contributed by atoms with van der Waals surface area (Å²) in [7, 11) is 1.93. The summed E-state index contributed by atoms with van der Waals surface area (Å²) in [5, 5.41) is 3.59. The molecule has 2 atom stereocenters. The molecule has 3 rings (SSSR count). The zero-order valence-corrected chi connectivity index (χ0v) is 11.9. The molecule has 2 aliphatic heterocycles. The number of likely N-dealkylation sites (tertiary alicyclic amines) is 1. The molecule has 0 spiro atoms. The zero-order valence-electron chi connectivity index (χ0n) is 11.9. The Hall–Kier alpha value is -0.870. The van der Waals surface area contributed by atoms with Crippen molar-refractivity contribution in [2.45, 2.75) is 38.1 Å².